The third kappa shape index (κ3) is 3.99. The van der Waals surface area contributed by atoms with E-state index in [1.54, 1.807) is 23.4 Å². The molecule has 2 aromatic rings. The third-order valence-electron chi connectivity index (χ3n) is 4.50. The summed E-state index contributed by atoms with van der Waals surface area (Å²) in [5.74, 6) is -1.52. The molecule has 1 aliphatic heterocycles. The molecule has 26 heavy (non-hydrogen) atoms. The fraction of sp³-hybridized carbons (Fsp3) is 0.316. The quantitative estimate of drug-likeness (QED) is 0.887. The standard InChI is InChI=1S/C19H19FN2O4/c20-15-4-1-5-16(12-15)26-19(18(24)25)6-9-22(10-7-19)17(23)11-14-3-2-8-21-13-14/h1-5,8,12-13H,6-7,9-11H2,(H,24,25). The van der Waals surface area contributed by atoms with E-state index in [4.69, 9.17) is 4.74 Å². The summed E-state index contributed by atoms with van der Waals surface area (Å²) in [5, 5.41) is 9.65. The summed E-state index contributed by atoms with van der Waals surface area (Å²) in [6.07, 6.45) is 3.77. The van der Waals surface area contributed by atoms with Crippen LogP contribution >= 0.6 is 0 Å². The number of amides is 1. The maximum Gasteiger partial charge on any atom is 0.348 e. The number of carbonyl (C=O) groups is 2. The highest BCUT2D eigenvalue weighted by Gasteiger charge is 2.45. The van der Waals surface area contributed by atoms with Crippen LogP contribution in [0, 0.1) is 5.82 Å². The Morgan fingerprint density at radius 3 is 2.62 bits per heavy atom. The van der Waals surface area contributed by atoms with Gasteiger partial charge in [0, 0.05) is 44.4 Å². The molecule has 1 aromatic carbocycles. The molecule has 0 atom stereocenters. The lowest BCUT2D eigenvalue weighted by atomic mass is 9.90. The van der Waals surface area contributed by atoms with Crippen molar-refractivity contribution >= 4 is 11.9 Å². The lowest BCUT2D eigenvalue weighted by Crippen LogP contribution is -2.54. The van der Waals surface area contributed by atoms with Crippen molar-refractivity contribution in [2.75, 3.05) is 13.1 Å². The summed E-state index contributed by atoms with van der Waals surface area (Å²) in [6, 6.07) is 9.00. The van der Waals surface area contributed by atoms with Crippen molar-refractivity contribution in [3.8, 4) is 5.75 Å². The van der Waals surface area contributed by atoms with Gasteiger partial charge in [-0.15, -0.1) is 0 Å². The van der Waals surface area contributed by atoms with Crippen LogP contribution < -0.4 is 4.74 Å². The number of rotatable bonds is 5. The molecule has 0 saturated carbocycles. The van der Waals surface area contributed by atoms with Gasteiger partial charge >= 0.3 is 5.97 Å². The lowest BCUT2D eigenvalue weighted by molar-refractivity contribution is -0.161. The zero-order valence-corrected chi connectivity index (χ0v) is 14.1. The summed E-state index contributed by atoms with van der Waals surface area (Å²) < 4.78 is 19.0. The Morgan fingerprint density at radius 1 is 1.23 bits per heavy atom. The number of benzene rings is 1. The number of aromatic nitrogens is 1. The number of likely N-dealkylation sites (tertiary alicyclic amines) is 1. The van der Waals surface area contributed by atoms with Crippen molar-refractivity contribution in [3.05, 3.63) is 60.2 Å². The number of ether oxygens (including phenoxy) is 1. The maximum atomic E-state index is 13.3. The molecule has 0 aliphatic carbocycles. The average molecular weight is 358 g/mol. The average Bonchev–Trinajstić information content (AvgIpc) is 2.63. The van der Waals surface area contributed by atoms with Crippen LogP contribution in [0.25, 0.3) is 0 Å². The van der Waals surface area contributed by atoms with Crippen LogP contribution in [0.4, 0.5) is 4.39 Å². The molecule has 2 heterocycles. The summed E-state index contributed by atoms with van der Waals surface area (Å²) in [5.41, 5.74) is -0.651. The number of nitrogens with zero attached hydrogens (tertiary/aromatic N) is 2. The molecule has 1 aromatic heterocycles. The Labute approximate surface area is 150 Å². The highest BCUT2D eigenvalue weighted by Crippen LogP contribution is 2.30. The van der Waals surface area contributed by atoms with Gasteiger partial charge < -0.3 is 14.7 Å². The van der Waals surface area contributed by atoms with Crippen LogP contribution in [0.5, 0.6) is 5.75 Å². The number of carboxylic acids is 1. The molecule has 1 fully saturated rings. The third-order valence-corrected chi connectivity index (χ3v) is 4.50. The van der Waals surface area contributed by atoms with Crippen molar-refractivity contribution in [3.63, 3.8) is 0 Å². The smallest absolute Gasteiger partial charge is 0.348 e. The number of hydrogen-bond acceptors (Lipinski definition) is 4. The molecule has 136 valence electrons. The number of aliphatic carboxylic acids is 1. The normalized spacial score (nSPS) is 16.1. The highest BCUT2D eigenvalue weighted by atomic mass is 19.1. The Morgan fingerprint density at radius 2 is 2.00 bits per heavy atom. The predicted octanol–water partition coefficient (Wildman–Crippen LogP) is 2.29. The van der Waals surface area contributed by atoms with Gasteiger partial charge in [0.15, 0.2) is 0 Å². The highest BCUT2D eigenvalue weighted by molar-refractivity contribution is 5.81. The Balaban J connectivity index is 1.65. The first kappa shape index (κ1) is 17.8. The molecule has 1 N–H and O–H groups in total. The van der Waals surface area contributed by atoms with Crippen LogP contribution in [0.2, 0.25) is 0 Å². The molecule has 0 unspecified atom stereocenters. The second-order valence-electron chi connectivity index (χ2n) is 6.28. The van der Waals surface area contributed by atoms with Crippen molar-refractivity contribution < 1.29 is 23.8 Å². The minimum absolute atomic E-state index is 0.0808. The van der Waals surface area contributed by atoms with E-state index >= 15 is 0 Å². The van der Waals surface area contributed by atoms with Gasteiger partial charge in [0.25, 0.3) is 0 Å². The minimum atomic E-state index is -1.46. The van der Waals surface area contributed by atoms with Gasteiger partial charge in [-0.05, 0) is 23.8 Å². The largest absolute Gasteiger partial charge is 0.478 e. The Kier molecular flexibility index (Phi) is 5.16. The number of carbonyl (C=O) groups excluding carboxylic acids is 1. The molecule has 1 aliphatic rings. The van der Waals surface area contributed by atoms with Gasteiger partial charge in [0.2, 0.25) is 11.5 Å². The van der Waals surface area contributed by atoms with E-state index in [1.807, 2.05) is 6.07 Å². The fourth-order valence-electron chi connectivity index (χ4n) is 3.02. The molecular formula is C19H19FN2O4. The van der Waals surface area contributed by atoms with Gasteiger partial charge in [-0.1, -0.05) is 12.1 Å². The molecule has 1 amide bonds. The SMILES string of the molecule is O=C(Cc1cccnc1)N1CCC(Oc2cccc(F)c2)(C(=O)O)CC1. The second-order valence-corrected chi connectivity index (χ2v) is 6.28. The number of hydrogen-bond donors (Lipinski definition) is 1. The van der Waals surface area contributed by atoms with E-state index < -0.39 is 17.4 Å². The first-order chi connectivity index (χ1) is 12.5. The zero-order valence-electron chi connectivity index (χ0n) is 14.1. The molecule has 1 saturated heterocycles. The summed E-state index contributed by atoms with van der Waals surface area (Å²) in [6.45, 7) is 0.529. The second kappa shape index (κ2) is 7.51. The van der Waals surface area contributed by atoms with Crippen LogP contribution in [-0.4, -0.2) is 45.6 Å². The van der Waals surface area contributed by atoms with Gasteiger partial charge in [-0.3, -0.25) is 9.78 Å². The zero-order chi connectivity index (χ0) is 18.6. The van der Waals surface area contributed by atoms with Gasteiger partial charge in [0.1, 0.15) is 11.6 Å². The molecule has 3 rings (SSSR count). The van der Waals surface area contributed by atoms with Crippen molar-refractivity contribution in [2.24, 2.45) is 0 Å². The number of piperidine rings is 1. The minimum Gasteiger partial charge on any atom is -0.478 e. The predicted molar refractivity (Wildman–Crippen MR) is 91.1 cm³/mol. The molecular weight excluding hydrogens is 339 g/mol. The topological polar surface area (TPSA) is 79.7 Å². The van der Waals surface area contributed by atoms with Crippen LogP contribution in [-0.2, 0) is 16.0 Å². The van der Waals surface area contributed by atoms with Crippen LogP contribution in [0.1, 0.15) is 18.4 Å². The van der Waals surface area contributed by atoms with E-state index in [1.165, 1.54) is 18.2 Å². The van der Waals surface area contributed by atoms with Crippen LogP contribution in [0.3, 0.4) is 0 Å². The molecule has 0 spiro atoms. The molecule has 7 heteroatoms. The van der Waals surface area contributed by atoms with Gasteiger partial charge in [-0.25, -0.2) is 9.18 Å². The summed E-state index contributed by atoms with van der Waals surface area (Å²) >= 11 is 0. The first-order valence-electron chi connectivity index (χ1n) is 8.33. The Hall–Kier alpha value is -2.96. The molecule has 0 radical (unpaired) electrons. The van der Waals surface area contributed by atoms with Gasteiger partial charge in [0.05, 0.1) is 6.42 Å². The maximum absolute atomic E-state index is 13.3. The summed E-state index contributed by atoms with van der Waals surface area (Å²) in [4.78, 5) is 29.8. The molecule has 0 bridgehead atoms. The number of halogens is 1. The van der Waals surface area contributed by atoms with E-state index in [-0.39, 0.29) is 44.0 Å². The van der Waals surface area contributed by atoms with E-state index in [0.29, 0.717) is 0 Å². The number of carboxylic acid groups (broad SMARTS) is 1. The molecule has 6 nitrogen and oxygen atoms in total. The van der Waals surface area contributed by atoms with Crippen molar-refractivity contribution in [1.29, 1.82) is 0 Å². The van der Waals surface area contributed by atoms with E-state index in [0.717, 1.165) is 11.6 Å². The first-order valence-corrected chi connectivity index (χ1v) is 8.33. The van der Waals surface area contributed by atoms with E-state index in [9.17, 15) is 19.1 Å². The monoisotopic (exact) mass is 358 g/mol. The fourth-order valence-corrected chi connectivity index (χ4v) is 3.02. The van der Waals surface area contributed by atoms with E-state index in [2.05, 4.69) is 4.98 Å². The lowest BCUT2D eigenvalue weighted by Gasteiger charge is -2.38. The van der Waals surface area contributed by atoms with Gasteiger partial charge in [-0.2, -0.15) is 0 Å². The Bertz CT molecular complexity index is 789. The van der Waals surface area contributed by atoms with Crippen LogP contribution in [0.15, 0.2) is 48.8 Å². The number of pyridine rings is 1. The van der Waals surface area contributed by atoms with Crippen molar-refractivity contribution in [2.45, 2.75) is 24.9 Å². The van der Waals surface area contributed by atoms with Crippen molar-refractivity contribution in [1.82, 2.24) is 9.88 Å². The summed E-state index contributed by atoms with van der Waals surface area (Å²) in [7, 11) is 0.